The van der Waals surface area contributed by atoms with E-state index in [0.29, 0.717) is 12.2 Å². The molecule has 0 heterocycles. The number of methoxy groups -OCH3 is 1. The van der Waals surface area contributed by atoms with Gasteiger partial charge in [0.25, 0.3) is 0 Å². The summed E-state index contributed by atoms with van der Waals surface area (Å²) in [4.78, 5) is 11.5. The van der Waals surface area contributed by atoms with Crippen LogP contribution in [0.15, 0.2) is 30.3 Å². The average molecular weight is 272 g/mol. The number of carboxylic acid groups (broad SMARTS) is 1. The first kappa shape index (κ1) is 14.5. The number of hydrogen-bond acceptors (Lipinski definition) is 2. The number of aromatic carboxylic acids is 1. The van der Waals surface area contributed by atoms with Gasteiger partial charge in [0.2, 0.25) is 0 Å². The van der Waals surface area contributed by atoms with Crippen LogP contribution in [0.5, 0.6) is 0 Å². The van der Waals surface area contributed by atoms with E-state index in [9.17, 15) is 9.90 Å². The van der Waals surface area contributed by atoms with Gasteiger partial charge in [-0.15, -0.1) is 0 Å². The van der Waals surface area contributed by atoms with Crippen molar-refractivity contribution in [2.45, 2.75) is 26.2 Å². The third-order valence-corrected chi connectivity index (χ3v) is 3.62. The third kappa shape index (κ3) is 2.83. The van der Waals surface area contributed by atoms with Gasteiger partial charge in [-0.1, -0.05) is 31.2 Å². The van der Waals surface area contributed by atoms with Crippen molar-refractivity contribution >= 4 is 16.7 Å². The van der Waals surface area contributed by atoms with Crippen molar-refractivity contribution in [3.05, 3.63) is 47.0 Å². The summed E-state index contributed by atoms with van der Waals surface area (Å²) in [7, 11) is 1.68. The van der Waals surface area contributed by atoms with Crippen molar-refractivity contribution < 1.29 is 14.6 Å². The number of benzene rings is 2. The number of fused-ring (bicyclic) bond motifs is 1. The van der Waals surface area contributed by atoms with E-state index in [0.717, 1.165) is 41.2 Å². The van der Waals surface area contributed by atoms with Gasteiger partial charge >= 0.3 is 5.97 Å². The maximum atomic E-state index is 11.5. The Labute approximate surface area is 119 Å². The summed E-state index contributed by atoms with van der Waals surface area (Å²) in [5.41, 5.74) is 2.44. The summed E-state index contributed by atoms with van der Waals surface area (Å²) in [5.74, 6) is -0.847. The number of carbonyl (C=O) groups is 1. The van der Waals surface area contributed by atoms with Crippen LogP contribution in [0.3, 0.4) is 0 Å². The Morgan fingerprint density at radius 3 is 2.55 bits per heavy atom. The number of carboxylic acids is 1. The molecule has 0 bridgehead atoms. The van der Waals surface area contributed by atoms with Gasteiger partial charge in [-0.2, -0.15) is 0 Å². The molecule has 0 fully saturated rings. The number of aryl methyl sites for hydroxylation is 2. The fourth-order valence-corrected chi connectivity index (χ4v) is 2.70. The van der Waals surface area contributed by atoms with Crippen LogP contribution in [0.1, 0.15) is 34.8 Å². The largest absolute Gasteiger partial charge is 0.478 e. The summed E-state index contributed by atoms with van der Waals surface area (Å²) in [6.45, 7) is 2.69. The Hall–Kier alpha value is -1.87. The quantitative estimate of drug-likeness (QED) is 0.816. The second kappa shape index (κ2) is 6.53. The van der Waals surface area contributed by atoms with Crippen molar-refractivity contribution in [1.29, 1.82) is 0 Å². The topological polar surface area (TPSA) is 46.5 Å². The average Bonchev–Trinajstić information content (AvgIpc) is 2.46. The molecule has 2 aromatic carbocycles. The first-order valence-electron chi connectivity index (χ1n) is 6.94. The molecule has 2 aromatic rings. The van der Waals surface area contributed by atoms with Crippen molar-refractivity contribution in [1.82, 2.24) is 0 Å². The Bertz CT molecular complexity index is 617. The van der Waals surface area contributed by atoms with E-state index in [-0.39, 0.29) is 0 Å². The first-order valence-corrected chi connectivity index (χ1v) is 6.94. The van der Waals surface area contributed by atoms with Crippen LogP contribution >= 0.6 is 0 Å². The second-order valence-corrected chi connectivity index (χ2v) is 4.86. The van der Waals surface area contributed by atoms with Gasteiger partial charge in [0, 0.05) is 13.7 Å². The van der Waals surface area contributed by atoms with Crippen LogP contribution in [0, 0.1) is 0 Å². The predicted octanol–water partition coefficient (Wildman–Crippen LogP) is 3.68. The van der Waals surface area contributed by atoms with Crippen molar-refractivity contribution in [3.63, 3.8) is 0 Å². The van der Waals surface area contributed by atoms with Crippen LogP contribution < -0.4 is 0 Å². The maximum Gasteiger partial charge on any atom is 0.335 e. The monoisotopic (exact) mass is 272 g/mol. The first-order chi connectivity index (χ1) is 9.69. The highest BCUT2D eigenvalue weighted by Crippen LogP contribution is 2.28. The van der Waals surface area contributed by atoms with E-state index in [2.05, 4.69) is 6.07 Å². The lowest BCUT2D eigenvalue weighted by atomic mass is 9.91. The van der Waals surface area contributed by atoms with Crippen LogP contribution in [0.4, 0.5) is 0 Å². The highest BCUT2D eigenvalue weighted by molar-refractivity contribution is 5.99. The highest BCUT2D eigenvalue weighted by atomic mass is 16.5. The summed E-state index contributed by atoms with van der Waals surface area (Å²) in [5, 5.41) is 11.6. The lowest BCUT2D eigenvalue weighted by molar-refractivity contribution is 0.0696. The number of hydrogen-bond donors (Lipinski definition) is 1. The minimum Gasteiger partial charge on any atom is -0.478 e. The van der Waals surface area contributed by atoms with E-state index < -0.39 is 5.97 Å². The third-order valence-electron chi connectivity index (χ3n) is 3.62. The lowest BCUT2D eigenvalue weighted by Gasteiger charge is -2.13. The molecule has 0 unspecified atom stereocenters. The van der Waals surface area contributed by atoms with Gasteiger partial charge in [-0.25, -0.2) is 4.79 Å². The van der Waals surface area contributed by atoms with Crippen LogP contribution in [-0.2, 0) is 17.6 Å². The van der Waals surface area contributed by atoms with Gasteiger partial charge in [0.15, 0.2) is 0 Å². The molecule has 0 saturated carbocycles. The molecule has 0 spiro atoms. The van der Waals surface area contributed by atoms with E-state index in [1.807, 2.05) is 31.2 Å². The molecule has 0 aliphatic heterocycles. The molecule has 3 nitrogen and oxygen atoms in total. The molecule has 0 amide bonds. The second-order valence-electron chi connectivity index (χ2n) is 4.86. The standard InChI is InChI=1S/C17H20O3/c1-3-13-15-9-5-4-8-14(15)12(7-6-10-20-2)11-16(13)17(18)19/h4-5,8-9,11H,3,6-7,10H2,1-2H3,(H,18,19). The molecule has 0 atom stereocenters. The predicted molar refractivity (Wildman–Crippen MR) is 80.5 cm³/mol. The van der Waals surface area contributed by atoms with Crippen LogP contribution in [0.2, 0.25) is 0 Å². The van der Waals surface area contributed by atoms with Gasteiger partial charge in [0.1, 0.15) is 0 Å². The molecule has 0 aliphatic rings. The van der Waals surface area contributed by atoms with Crippen molar-refractivity contribution in [2.75, 3.05) is 13.7 Å². The fourth-order valence-electron chi connectivity index (χ4n) is 2.70. The minimum atomic E-state index is -0.847. The zero-order chi connectivity index (χ0) is 14.5. The molecular formula is C17H20O3. The SMILES string of the molecule is CCc1c(C(=O)O)cc(CCCOC)c2ccccc12. The molecular weight excluding hydrogens is 252 g/mol. The van der Waals surface area contributed by atoms with Crippen molar-refractivity contribution in [3.8, 4) is 0 Å². The normalized spacial score (nSPS) is 10.9. The lowest BCUT2D eigenvalue weighted by Crippen LogP contribution is -2.05. The van der Waals surface area contributed by atoms with Gasteiger partial charge in [-0.05, 0) is 47.2 Å². The van der Waals surface area contributed by atoms with E-state index in [1.165, 1.54) is 0 Å². The minimum absolute atomic E-state index is 0.429. The molecule has 0 aromatic heterocycles. The fraction of sp³-hybridized carbons (Fsp3) is 0.353. The smallest absolute Gasteiger partial charge is 0.335 e. The molecule has 2 rings (SSSR count). The van der Waals surface area contributed by atoms with E-state index in [4.69, 9.17) is 4.74 Å². The summed E-state index contributed by atoms with van der Waals surface area (Å²) in [6, 6.07) is 9.88. The Balaban J connectivity index is 2.58. The molecule has 0 radical (unpaired) electrons. The molecule has 20 heavy (non-hydrogen) atoms. The Morgan fingerprint density at radius 2 is 1.95 bits per heavy atom. The zero-order valence-corrected chi connectivity index (χ0v) is 12.0. The Kier molecular flexibility index (Phi) is 4.74. The zero-order valence-electron chi connectivity index (χ0n) is 12.0. The molecule has 106 valence electrons. The van der Waals surface area contributed by atoms with Gasteiger partial charge in [-0.3, -0.25) is 0 Å². The summed E-state index contributed by atoms with van der Waals surface area (Å²) in [6.07, 6.45) is 2.45. The highest BCUT2D eigenvalue weighted by Gasteiger charge is 2.15. The summed E-state index contributed by atoms with van der Waals surface area (Å²) < 4.78 is 5.08. The van der Waals surface area contributed by atoms with Crippen LogP contribution in [-0.4, -0.2) is 24.8 Å². The maximum absolute atomic E-state index is 11.5. The van der Waals surface area contributed by atoms with Crippen LogP contribution in [0.25, 0.3) is 10.8 Å². The number of ether oxygens (including phenoxy) is 1. The van der Waals surface area contributed by atoms with Crippen molar-refractivity contribution in [2.24, 2.45) is 0 Å². The number of rotatable bonds is 6. The molecule has 1 N–H and O–H groups in total. The van der Waals surface area contributed by atoms with Gasteiger partial charge < -0.3 is 9.84 Å². The molecule has 0 saturated heterocycles. The van der Waals surface area contributed by atoms with E-state index >= 15 is 0 Å². The van der Waals surface area contributed by atoms with E-state index in [1.54, 1.807) is 7.11 Å². The van der Waals surface area contributed by atoms with Gasteiger partial charge in [0.05, 0.1) is 5.56 Å². The summed E-state index contributed by atoms with van der Waals surface area (Å²) >= 11 is 0. The molecule has 3 heteroatoms. The molecule has 0 aliphatic carbocycles. The Morgan fingerprint density at radius 1 is 1.25 bits per heavy atom.